The summed E-state index contributed by atoms with van der Waals surface area (Å²) in [5.41, 5.74) is -2.63. The van der Waals surface area contributed by atoms with Gasteiger partial charge in [0.15, 0.2) is 17.5 Å². The van der Waals surface area contributed by atoms with Gasteiger partial charge in [-0.15, -0.1) is 0 Å². The Labute approximate surface area is 177 Å². The summed E-state index contributed by atoms with van der Waals surface area (Å²) in [5.74, 6) is -1.25. The van der Waals surface area contributed by atoms with Crippen LogP contribution < -0.4 is 0 Å². The van der Waals surface area contributed by atoms with Crippen molar-refractivity contribution in [3.8, 4) is 0 Å². The van der Waals surface area contributed by atoms with Crippen LogP contribution in [0.15, 0.2) is 35.5 Å². The van der Waals surface area contributed by atoms with E-state index in [2.05, 4.69) is 20.4 Å². The highest BCUT2D eigenvalue weighted by Crippen LogP contribution is 2.71. The Hall–Kier alpha value is -1.76. The second-order valence-electron chi connectivity index (χ2n) is 10.4. The molecule has 3 N–H and O–H groups in total. The molecule has 6 nitrogen and oxygen atoms in total. The minimum atomic E-state index is -2.09. The lowest BCUT2D eigenvalue weighted by Gasteiger charge is -2.48. The third kappa shape index (κ3) is 2.36. The minimum Gasteiger partial charge on any atom is -0.451 e. The molecule has 164 valence electrons. The van der Waals surface area contributed by atoms with Crippen LogP contribution in [-0.4, -0.2) is 51.5 Å². The summed E-state index contributed by atoms with van der Waals surface area (Å²) in [6.07, 6.45) is 1.35. The molecular weight excluding hydrogens is 384 g/mol. The van der Waals surface area contributed by atoms with Crippen LogP contribution in [0.4, 0.5) is 0 Å². The van der Waals surface area contributed by atoms with Gasteiger partial charge >= 0.3 is 5.97 Å². The molecule has 8 atom stereocenters. The van der Waals surface area contributed by atoms with E-state index >= 15 is 0 Å². The SMILES string of the molecule is C=C(C)C(=O)O[C@H]1C(C)=C[C@]23C(=O)[C@@H](C=C(CO)[C@@H](O)[C@]12O)[C@H]1[C@@H](C[C@H]3C)C1(C)C. The highest BCUT2D eigenvalue weighted by Gasteiger charge is 2.76. The zero-order valence-electron chi connectivity index (χ0n) is 18.3. The molecule has 0 aromatic heterocycles. The van der Waals surface area contributed by atoms with Crippen molar-refractivity contribution in [2.75, 3.05) is 6.61 Å². The number of allylic oxidation sites excluding steroid dienone is 1. The van der Waals surface area contributed by atoms with E-state index in [1.807, 2.05) is 6.92 Å². The van der Waals surface area contributed by atoms with Gasteiger partial charge < -0.3 is 20.1 Å². The van der Waals surface area contributed by atoms with Crippen molar-refractivity contribution in [2.45, 2.75) is 58.8 Å². The summed E-state index contributed by atoms with van der Waals surface area (Å²) in [5, 5.41) is 33.5. The molecule has 4 aliphatic rings. The highest BCUT2D eigenvalue weighted by molar-refractivity contribution is 5.95. The molecule has 1 spiro atoms. The lowest BCUT2D eigenvalue weighted by molar-refractivity contribution is -0.201. The Morgan fingerprint density at radius 1 is 1.37 bits per heavy atom. The maximum Gasteiger partial charge on any atom is 0.333 e. The number of esters is 1. The number of fused-ring (bicyclic) bond motifs is 3. The maximum absolute atomic E-state index is 14.1. The van der Waals surface area contributed by atoms with Crippen LogP contribution in [0.2, 0.25) is 0 Å². The summed E-state index contributed by atoms with van der Waals surface area (Å²) in [7, 11) is 0. The fraction of sp³-hybridized carbons (Fsp3) is 0.667. The average molecular weight is 417 g/mol. The Morgan fingerprint density at radius 3 is 2.57 bits per heavy atom. The zero-order chi connectivity index (χ0) is 22.4. The monoisotopic (exact) mass is 416 g/mol. The molecule has 0 aromatic carbocycles. The third-order valence-corrected chi connectivity index (χ3v) is 8.47. The number of ether oxygens (including phenoxy) is 1. The molecule has 0 unspecified atom stereocenters. The molecule has 0 radical (unpaired) electrons. The van der Waals surface area contributed by atoms with Crippen LogP contribution in [0.5, 0.6) is 0 Å². The van der Waals surface area contributed by atoms with Gasteiger partial charge in [-0.05, 0) is 54.6 Å². The van der Waals surface area contributed by atoms with Gasteiger partial charge in [0.05, 0.1) is 12.0 Å². The minimum absolute atomic E-state index is 0.0240. The van der Waals surface area contributed by atoms with Gasteiger partial charge in [-0.1, -0.05) is 39.5 Å². The molecule has 2 bridgehead atoms. The van der Waals surface area contributed by atoms with Crippen molar-refractivity contribution in [3.05, 3.63) is 35.5 Å². The van der Waals surface area contributed by atoms with E-state index in [1.165, 1.54) is 6.92 Å². The molecule has 6 heteroatoms. The average Bonchev–Trinajstić information content (AvgIpc) is 3.16. The van der Waals surface area contributed by atoms with Crippen molar-refractivity contribution >= 4 is 11.8 Å². The van der Waals surface area contributed by atoms with Crippen LogP contribution >= 0.6 is 0 Å². The van der Waals surface area contributed by atoms with Crippen molar-refractivity contribution in [3.63, 3.8) is 0 Å². The first-order valence-corrected chi connectivity index (χ1v) is 10.7. The standard InChI is InChI=1S/C24H32O6/c1-11(2)21(28)30-20-12(3)9-23-13(4)7-16-17(22(16,5)6)15(19(23)27)8-14(10-25)18(26)24(20,23)29/h8-9,13,15-18,20,25-26,29H,1,7,10H2,2-6H3/t13-,15+,16-,17+,18-,20+,23+,24+/m1/s1. The molecule has 0 heterocycles. The fourth-order valence-electron chi connectivity index (χ4n) is 6.80. The first kappa shape index (κ1) is 21.5. The smallest absolute Gasteiger partial charge is 0.333 e. The molecule has 0 saturated heterocycles. The van der Waals surface area contributed by atoms with Crippen molar-refractivity contribution in [1.29, 1.82) is 0 Å². The summed E-state index contributed by atoms with van der Waals surface area (Å²) in [6, 6.07) is 0. The third-order valence-electron chi connectivity index (χ3n) is 8.47. The molecule has 30 heavy (non-hydrogen) atoms. The van der Waals surface area contributed by atoms with E-state index < -0.39 is 41.7 Å². The lowest BCUT2D eigenvalue weighted by Crippen LogP contribution is -2.65. The summed E-state index contributed by atoms with van der Waals surface area (Å²) in [6.45, 7) is 12.5. The normalized spacial score (nSPS) is 45.9. The molecule has 0 amide bonds. The molecule has 0 aliphatic heterocycles. The van der Waals surface area contributed by atoms with Gasteiger partial charge in [0.25, 0.3) is 0 Å². The van der Waals surface area contributed by atoms with Crippen LogP contribution in [0.25, 0.3) is 0 Å². The fourth-order valence-corrected chi connectivity index (χ4v) is 6.80. The zero-order valence-corrected chi connectivity index (χ0v) is 18.3. The Morgan fingerprint density at radius 2 is 2.00 bits per heavy atom. The Balaban J connectivity index is 1.93. The number of carbonyl (C=O) groups excluding carboxylic acids is 2. The van der Waals surface area contributed by atoms with E-state index in [0.29, 0.717) is 11.5 Å². The van der Waals surface area contributed by atoms with Crippen molar-refractivity contribution < 1.29 is 29.6 Å². The van der Waals surface area contributed by atoms with Gasteiger partial charge in [0.1, 0.15) is 6.10 Å². The molecule has 0 aromatic rings. The highest BCUT2D eigenvalue weighted by atomic mass is 16.6. The number of carbonyl (C=O) groups is 2. The summed E-state index contributed by atoms with van der Waals surface area (Å²) in [4.78, 5) is 26.5. The molecule has 2 saturated carbocycles. The van der Waals surface area contributed by atoms with Crippen LogP contribution in [0.1, 0.15) is 41.0 Å². The van der Waals surface area contributed by atoms with Gasteiger partial charge in [0.2, 0.25) is 0 Å². The molecule has 4 rings (SSSR count). The van der Waals surface area contributed by atoms with E-state index in [0.717, 1.165) is 6.42 Å². The number of ketones is 1. The maximum atomic E-state index is 14.1. The second-order valence-corrected chi connectivity index (χ2v) is 10.4. The van der Waals surface area contributed by atoms with Crippen LogP contribution in [0.3, 0.4) is 0 Å². The van der Waals surface area contributed by atoms with E-state index in [1.54, 1.807) is 19.1 Å². The number of hydrogen-bond acceptors (Lipinski definition) is 6. The molecule has 2 fully saturated rings. The Kier molecular flexibility index (Phi) is 4.56. The van der Waals surface area contributed by atoms with Crippen LogP contribution in [0, 0.1) is 34.5 Å². The molecular formula is C24H32O6. The van der Waals surface area contributed by atoms with E-state index in [4.69, 9.17) is 4.74 Å². The topological polar surface area (TPSA) is 104 Å². The van der Waals surface area contributed by atoms with Crippen molar-refractivity contribution in [1.82, 2.24) is 0 Å². The largest absolute Gasteiger partial charge is 0.451 e. The second kappa shape index (κ2) is 6.38. The van der Waals surface area contributed by atoms with Crippen molar-refractivity contribution in [2.24, 2.45) is 34.5 Å². The van der Waals surface area contributed by atoms with Gasteiger partial charge in [0, 0.05) is 11.5 Å². The first-order valence-electron chi connectivity index (χ1n) is 10.7. The predicted octanol–water partition coefficient (Wildman–Crippen LogP) is 1.94. The number of Topliss-reactive ketones (excluding diaryl/α,β-unsaturated/α-hetero) is 1. The number of hydrogen-bond donors (Lipinski definition) is 3. The first-order chi connectivity index (χ1) is 13.9. The van der Waals surface area contributed by atoms with E-state index in [-0.39, 0.29) is 34.2 Å². The number of aliphatic hydroxyl groups excluding tert-OH is 2. The quantitative estimate of drug-likeness (QED) is 0.369. The lowest BCUT2D eigenvalue weighted by atomic mass is 9.59. The number of aliphatic hydroxyl groups is 3. The summed E-state index contributed by atoms with van der Waals surface area (Å²) < 4.78 is 5.60. The molecule has 4 aliphatic carbocycles. The number of rotatable bonds is 3. The van der Waals surface area contributed by atoms with E-state index in [9.17, 15) is 24.9 Å². The predicted molar refractivity (Wildman–Crippen MR) is 110 cm³/mol. The van der Waals surface area contributed by atoms with Gasteiger partial charge in [-0.3, -0.25) is 4.79 Å². The van der Waals surface area contributed by atoms with Crippen LogP contribution in [-0.2, 0) is 14.3 Å². The van der Waals surface area contributed by atoms with Gasteiger partial charge in [-0.2, -0.15) is 0 Å². The Bertz CT molecular complexity index is 897. The summed E-state index contributed by atoms with van der Waals surface area (Å²) >= 11 is 0. The van der Waals surface area contributed by atoms with Gasteiger partial charge in [-0.25, -0.2) is 4.79 Å².